The number of alkyl halides is 3. The zero-order chi connectivity index (χ0) is 28.5. The molecule has 1 atom stereocenters. The van der Waals surface area contributed by atoms with Gasteiger partial charge in [-0.05, 0) is 63.9 Å². The lowest BCUT2D eigenvalue weighted by atomic mass is 9.79. The van der Waals surface area contributed by atoms with Crippen LogP contribution in [0.2, 0.25) is 0 Å². The van der Waals surface area contributed by atoms with Crippen LogP contribution < -0.4 is 15.4 Å². The predicted molar refractivity (Wildman–Crippen MR) is 133 cm³/mol. The second kappa shape index (κ2) is 13.2. The maximum absolute atomic E-state index is 13.2. The maximum Gasteiger partial charge on any atom is 0.419 e. The van der Waals surface area contributed by atoms with Crippen LogP contribution in [0.25, 0.3) is 0 Å². The fraction of sp³-hybridized carbons (Fsp3) is 0.462. The number of hydrogen-bond donors (Lipinski definition) is 4. The Balaban J connectivity index is 0.000000328. The lowest BCUT2D eigenvalue weighted by Gasteiger charge is -2.34. The van der Waals surface area contributed by atoms with E-state index in [2.05, 4.69) is 15.6 Å². The third-order valence-corrected chi connectivity index (χ3v) is 6.30. The molecule has 206 valence electrons. The van der Waals surface area contributed by atoms with Crippen molar-refractivity contribution in [3.05, 3.63) is 52.7 Å². The summed E-state index contributed by atoms with van der Waals surface area (Å²) in [6.45, 7) is 2.17. The Morgan fingerprint density at radius 3 is 2.50 bits per heavy atom. The van der Waals surface area contributed by atoms with E-state index in [1.807, 2.05) is 6.07 Å². The summed E-state index contributed by atoms with van der Waals surface area (Å²) in [5.74, 6) is -0.962. The summed E-state index contributed by atoms with van der Waals surface area (Å²) < 4.78 is 44.9. The molecule has 0 radical (unpaired) electrons. The minimum absolute atomic E-state index is 0.172. The van der Waals surface area contributed by atoms with Gasteiger partial charge in [-0.25, -0.2) is 4.98 Å². The summed E-state index contributed by atoms with van der Waals surface area (Å²) in [4.78, 5) is 25.1. The van der Waals surface area contributed by atoms with E-state index in [0.717, 1.165) is 12.3 Å². The molecule has 0 spiro atoms. The number of pyridine rings is 1. The fourth-order valence-corrected chi connectivity index (χ4v) is 4.21. The molecule has 0 aliphatic heterocycles. The van der Waals surface area contributed by atoms with E-state index in [1.165, 1.54) is 13.2 Å². The van der Waals surface area contributed by atoms with Gasteiger partial charge in [-0.3, -0.25) is 9.59 Å². The third kappa shape index (κ3) is 8.16. The first-order valence-electron chi connectivity index (χ1n) is 11.8. The van der Waals surface area contributed by atoms with E-state index >= 15 is 0 Å². The molecule has 4 N–H and O–H groups in total. The monoisotopic (exact) mass is 536 g/mol. The highest BCUT2D eigenvalue weighted by molar-refractivity contribution is 5.75. The van der Waals surface area contributed by atoms with Crippen molar-refractivity contribution in [2.24, 2.45) is 5.92 Å². The Labute approximate surface area is 218 Å². The van der Waals surface area contributed by atoms with Gasteiger partial charge in [0.1, 0.15) is 11.6 Å². The minimum Gasteiger partial charge on any atom is -0.496 e. The number of nitrogens with zero attached hydrogens (tertiary/aromatic N) is 2. The standard InChI is InChI=1S/C17H14F3N3O2.C9H17NO3/c1-10(13-5-11(7-21)3-4-15(13)25-2)23-16-14(17(18,19)20)6-12(9-24)8-22-16;1-10-6-9(13)4-2-7(3-5-9)8(11)12/h3-6,8-10H,1-2H3,(H,22,23);7,10,13H,2-6H2,1H3,(H,11,12)/t10-;/m0./s1. The number of ether oxygens (including phenoxy) is 1. The van der Waals surface area contributed by atoms with E-state index in [0.29, 0.717) is 55.4 Å². The average molecular weight is 537 g/mol. The molecule has 2 aromatic rings. The average Bonchev–Trinajstić information content (AvgIpc) is 2.88. The van der Waals surface area contributed by atoms with Gasteiger partial charge in [0.15, 0.2) is 6.29 Å². The lowest BCUT2D eigenvalue weighted by Crippen LogP contribution is -2.43. The zero-order valence-corrected chi connectivity index (χ0v) is 21.3. The number of aromatic nitrogens is 1. The van der Waals surface area contributed by atoms with Crippen LogP contribution in [0.5, 0.6) is 5.75 Å². The molecular weight excluding hydrogens is 505 g/mol. The van der Waals surface area contributed by atoms with Crippen LogP contribution in [0.15, 0.2) is 30.5 Å². The van der Waals surface area contributed by atoms with Crippen molar-refractivity contribution >= 4 is 18.1 Å². The second-order valence-corrected chi connectivity index (χ2v) is 9.08. The van der Waals surface area contributed by atoms with E-state index < -0.39 is 35.2 Å². The number of nitrogens with one attached hydrogen (secondary N) is 2. The number of aliphatic carboxylic acids is 1. The van der Waals surface area contributed by atoms with Gasteiger partial charge in [-0.15, -0.1) is 0 Å². The molecule has 1 aliphatic rings. The number of rotatable bonds is 8. The van der Waals surface area contributed by atoms with Crippen molar-refractivity contribution in [1.29, 1.82) is 5.26 Å². The van der Waals surface area contributed by atoms with Crippen molar-refractivity contribution in [1.82, 2.24) is 10.3 Å². The number of aliphatic hydroxyl groups is 1. The number of benzene rings is 1. The first-order valence-corrected chi connectivity index (χ1v) is 11.8. The Morgan fingerprint density at radius 2 is 2.00 bits per heavy atom. The topological polar surface area (TPSA) is 145 Å². The van der Waals surface area contributed by atoms with Crippen LogP contribution in [0.4, 0.5) is 19.0 Å². The van der Waals surface area contributed by atoms with Gasteiger partial charge in [0, 0.05) is 23.9 Å². The highest BCUT2D eigenvalue weighted by Crippen LogP contribution is 2.36. The fourth-order valence-electron chi connectivity index (χ4n) is 4.21. The van der Waals surface area contributed by atoms with E-state index in [4.69, 9.17) is 15.1 Å². The van der Waals surface area contributed by atoms with Gasteiger partial charge < -0.3 is 25.6 Å². The summed E-state index contributed by atoms with van der Waals surface area (Å²) in [5.41, 5.74) is -1.03. The van der Waals surface area contributed by atoms with Crippen LogP contribution in [0.3, 0.4) is 0 Å². The molecule has 1 fully saturated rings. The Kier molecular flexibility index (Phi) is 10.6. The van der Waals surface area contributed by atoms with Gasteiger partial charge in [0.2, 0.25) is 0 Å². The molecule has 1 aromatic heterocycles. The quantitative estimate of drug-likeness (QED) is 0.365. The van der Waals surface area contributed by atoms with Crippen LogP contribution in [0.1, 0.15) is 65.7 Å². The van der Waals surface area contributed by atoms with Gasteiger partial charge in [-0.2, -0.15) is 18.4 Å². The number of carbonyl (C=O) groups is 2. The lowest BCUT2D eigenvalue weighted by molar-refractivity contribution is -0.144. The molecule has 1 aliphatic carbocycles. The summed E-state index contributed by atoms with van der Waals surface area (Å²) in [6.07, 6.45) is -0.960. The SMILES string of the molecule is CNCC1(O)CCC(C(=O)O)CC1.COc1ccc(C#N)cc1[C@H](C)Nc1ncc(C=O)cc1C(F)(F)F. The van der Waals surface area contributed by atoms with Crippen LogP contribution in [0, 0.1) is 17.2 Å². The molecule has 0 saturated heterocycles. The molecule has 38 heavy (non-hydrogen) atoms. The number of nitriles is 1. The summed E-state index contributed by atoms with van der Waals surface area (Å²) in [6, 6.07) is 6.73. The first kappa shape index (κ1) is 30.5. The van der Waals surface area contributed by atoms with Crippen molar-refractivity contribution in [3.8, 4) is 11.8 Å². The normalized spacial score (nSPS) is 19.8. The zero-order valence-electron chi connectivity index (χ0n) is 21.3. The van der Waals surface area contributed by atoms with E-state index in [1.54, 1.807) is 26.1 Å². The van der Waals surface area contributed by atoms with Gasteiger partial charge >= 0.3 is 12.1 Å². The molecule has 0 unspecified atom stereocenters. The molecule has 0 bridgehead atoms. The number of halogens is 3. The molecule has 12 heteroatoms. The molecule has 0 amide bonds. The van der Waals surface area contributed by atoms with Crippen molar-refractivity contribution in [3.63, 3.8) is 0 Å². The third-order valence-electron chi connectivity index (χ3n) is 6.30. The number of anilines is 1. The Bertz CT molecular complexity index is 1160. The van der Waals surface area contributed by atoms with Gasteiger partial charge in [-0.1, -0.05) is 0 Å². The largest absolute Gasteiger partial charge is 0.496 e. The smallest absolute Gasteiger partial charge is 0.419 e. The number of methoxy groups -OCH3 is 1. The second-order valence-electron chi connectivity index (χ2n) is 9.08. The van der Waals surface area contributed by atoms with Crippen LogP contribution >= 0.6 is 0 Å². The van der Waals surface area contributed by atoms with Crippen LogP contribution in [-0.4, -0.2) is 53.8 Å². The van der Waals surface area contributed by atoms with E-state index in [-0.39, 0.29) is 11.5 Å². The molecule has 3 rings (SSSR count). The van der Waals surface area contributed by atoms with Crippen molar-refractivity contribution in [2.45, 2.75) is 50.4 Å². The first-order chi connectivity index (χ1) is 17.9. The number of hydrogen-bond acceptors (Lipinski definition) is 8. The summed E-state index contributed by atoms with van der Waals surface area (Å²) in [7, 11) is 3.22. The van der Waals surface area contributed by atoms with E-state index in [9.17, 15) is 27.9 Å². The van der Waals surface area contributed by atoms with Crippen molar-refractivity contribution in [2.75, 3.05) is 26.0 Å². The summed E-state index contributed by atoms with van der Waals surface area (Å²) >= 11 is 0. The molecular formula is C26H31F3N4O5. The summed E-state index contributed by atoms with van der Waals surface area (Å²) in [5, 5.41) is 33.3. The predicted octanol–water partition coefficient (Wildman–Crippen LogP) is 4.18. The number of carboxylic acid groups (broad SMARTS) is 1. The molecule has 1 heterocycles. The van der Waals surface area contributed by atoms with Gasteiger partial charge in [0.05, 0.1) is 41.9 Å². The molecule has 9 nitrogen and oxygen atoms in total. The highest BCUT2D eigenvalue weighted by Gasteiger charge is 2.36. The number of carboxylic acids is 1. The minimum atomic E-state index is -4.67. The van der Waals surface area contributed by atoms with Gasteiger partial charge in [0.25, 0.3) is 0 Å². The van der Waals surface area contributed by atoms with Crippen LogP contribution in [-0.2, 0) is 11.0 Å². The number of likely N-dealkylation sites (N-methyl/N-ethyl adjacent to an activating group) is 1. The van der Waals surface area contributed by atoms with Crippen molar-refractivity contribution < 1.29 is 37.7 Å². The number of carbonyl (C=O) groups excluding carboxylic acids is 1. The highest BCUT2D eigenvalue weighted by atomic mass is 19.4. The Morgan fingerprint density at radius 1 is 1.34 bits per heavy atom. The molecule has 1 saturated carbocycles. The maximum atomic E-state index is 13.2. The Hall–Kier alpha value is -3.69. The number of aldehydes is 1. The molecule has 1 aromatic carbocycles.